The first kappa shape index (κ1) is 10.9. The van der Waals surface area contributed by atoms with E-state index in [-0.39, 0.29) is 31.7 Å². The minimum Gasteiger partial charge on any atom is -0.396 e. The molecule has 1 aliphatic heterocycles. The summed E-state index contributed by atoms with van der Waals surface area (Å²) in [6, 6.07) is -0.787. The van der Waals surface area contributed by atoms with Crippen molar-refractivity contribution in [1.82, 2.24) is 10.2 Å². The molecule has 0 aromatic carbocycles. The number of amides is 3. The molecule has 0 aromatic rings. The number of rotatable bonds is 5. The normalized spacial score (nSPS) is 18.6. The van der Waals surface area contributed by atoms with Gasteiger partial charge in [0.15, 0.2) is 0 Å². The zero-order valence-electron chi connectivity index (χ0n) is 8.02. The highest BCUT2D eigenvalue weighted by Gasteiger charge is 2.34. The molecule has 0 aromatic heterocycles. The smallest absolute Gasteiger partial charge is 0.324 e. The van der Waals surface area contributed by atoms with Crippen LogP contribution in [0.15, 0.2) is 0 Å². The lowest BCUT2D eigenvalue weighted by molar-refractivity contribution is -0.127. The molecule has 6 nitrogen and oxygen atoms in total. The van der Waals surface area contributed by atoms with Gasteiger partial charge in [-0.1, -0.05) is 0 Å². The quantitative estimate of drug-likeness (QED) is 0.557. The highest BCUT2D eigenvalue weighted by molar-refractivity contribution is 6.02. The van der Waals surface area contributed by atoms with E-state index in [0.717, 1.165) is 4.90 Å². The van der Waals surface area contributed by atoms with Crippen molar-refractivity contribution >= 4 is 11.9 Å². The standard InChI is InChI=1S/C8H14N2O4/c1-14-5-6(2-3-11)10-7(12)4-9-8(10)13/h6,11H,2-5H2,1H3,(H,9,13). The summed E-state index contributed by atoms with van der Waals surface area (Å²) in [6.07, 6.45) is 0.340. The fourth-order valence-corrected chi connectivity index (χ4v) is 1.43. The van der Waals surface area contributed by atoms with Crippen molar-refractivity contribution in [2.75, 3.05) is 26.9 Å². The molecule has 1 aliphatic rings. The van der Waals surface area contributed by atoms with Gasteiger partial charge in [0.1, 0.15) is 0 Å². The number of nitrogens with zero attached hydrogens (tertiary/aromatic N) is 1. The Labute approximate surface area is 81.8 Å². The van der Waals surface area contributed by atoms with E-state index in [1.54, 1.807) is 0 Å². The van der Waals surface area contributed by atoms with Crippen LogP contribution in [0.1, 0.15) is 6.42 Å². The Morgan fingerprint density at radius 1 is 1.64 bits per heavy atom. The molecule has 6 heteroatoms. The van der Waals surface area contributed by atoms with Gasteiger partial charge in [-0.2, -0.15) is 0 Å². The maximum Gasteiger partial charge on any atom is 0.324 e. The van der Waals surface area contributed by atoms with E-state index in [0.29, 0.717) is 6.42 Å². The van der Waals surface area contributed by atoms with Gasteiger partial charge in [-0.15, -0.1) is 0 Å². The topological polar surface area (TPSA) is 78.9 Å². The summed E-state index contributed by atoms with van der Waals surface area (Å²) in [5.41, 5.74) is 0. The van der Waals surface area contributed by atoms with E-state index < -0.39 is 6.03 Å². The van der Waals surface area contributed by atoms with Crippen molar-refractivity contribution in [3.05, 3.63) is 0 Å². The molecule has 1 rings (SSSR count). The van der Waals surface area contributed by atoms with Crippen molar-refractivity contribution in [3.8, 4) is 0 Å². The van der Waals surface area contributed by atoms with Gasteiger partial charge in [0.2, 0.25) is 5.91 Å². The summed E-state index contributed by atoms with van der Waals surface area (Å²) in [5, 5.41) is 11.2. The zero-order valence-corrected chi connectivity index (χ0v) is 8.02. The number of carbonyl (C=O) groups excluding carboxylic acids is 2. The van der Waals surface area contributed by atoms with E-state index in [1.807, 2.05) is 0 Å². The van der Waals surface area contributed by atoms with Crippen molar-refractivity contribution < 1.29 is 19.4 Å². The monoisotopic (exact) mass is 202 g/mol. The molecule has 1 unspecified atom stereocenters. The van der Waals surface area contributed by atoms with E-state index in [4.69, 9.17) is 9.84 Å². The van der Waals surface area contributed by atoms with E-state index in [2.05, 4.69) is 5.32 Å². The molecular formula is C8H14N2O4. The molecule has 3 amide bonds. The second kappa shape index (κ2) is 4.92. The van der Waals surface area contributed by atoms with Gasteiger partial charge in [-0.25, -0.2) is 4.79 Å². The number of ether oxygens (including phenoxy) is 1. The first-order valence-electron chi connectivity index (χ1n) is 4.40. The van der Waals surface area contributed by atoms with Crippen LogP contribution in [0.2, 0.25) is 0 Å². The molecular weight excluding hydrogens is 188 g/mol. The largest absolute Gasteiger partial charge is 0.396 e. The maximum absolute atomic E-state index is 11.3. The van der Waals surface area contributed by atoms with Gasteiger partial charge >= 0.3 is 6.03 Å². The van der Waals surface area contributed by atoms with Crippen molar-refractivity contribution in [1.29, 1.82) is 0 Å². The minimum atomic E-state index is -0.412. The summed E-state index contributed by atoms with van der Waals surface area (Å²) >= 11 is 0. The van der Waals surface area contributed by atoms with Crippen LogP contribution in [0.5, 0.6) is 0 Å². The highest BCUT2D eigenvalue weighted by atomic mass is 16.5. The Bertz CT molecular complexity index is 209. The summed E-state index contributed by atoms with van der Waals surface area (Å²) in [5.74, 6) is -0.273. The second-order valence-corrected chi connectivity index (χ2v) is 3.04. The number of aliphatic hydroxyl groups excluding tert-OH is 1. The van der Waals surface area contributed by atoms with Gasteiger partial charge in [-0.05, 0) is 6.42 Å². The zero-order chi connectivity index (χ0) is 10.6. The first-order valence-corrected chi connectivity index (χ1v) is 4.40. The lowest BCUT2D eigenvalue weighted by Crippen LogP contribution is -2.43. The molecule has 0 bridgehead atoms. The SMILES string of the molecule is COCC(CCO)N1C(=O)CNC1=O. The molecule has 1 heterocycles. The van der Waals surface area contributed by atoms with Crippen LogP contribution in [-0.2, 0) is 9.53 Å². The molecule has 14 heavy (non-hydrogen) atoms. The molecule has 0 aliphatic carbocycles. The predicted octanol–water partition coefficient (Wildman–Crippen LogP) is -1.06. The number of urea groups is 1. The van der Waals surface area contributed by atoms with E-state index >= 15 is 0 Å². The molecule has 2 N–H and O–H groups in total. The lowest BCUT2D eigenvalue weighted by atomic mass is 10.2. The molecule has 80 valence electrons. The Morgan fingerprint density at radius 3 is 2.79 bits per heavy atom. The number of aliphatic hydroxyl groups is 1. The van der Waals surface area contributed by atoms with Gasteiger partial charge in [0, 0.05) is 13.7 Å². The van der Waals surface area contributed by atoms with Gasteiger partial charge in [-0.3, -0.25) is 9.69 Å². The predicted molar refractivity (Wildman–Crippen MR) is 47.6 cm³/mol. The summed E-state index contributed by atoms with van der Waals surface area (Å²) in [4.78, 5) is 23.6. The third-order valence-electron chi connectivity index (χ3n) is 2.06. The van der Waals surface area contributed by atoms with Crippen LogP contribution < -0.4 is 5.32 Å². The Hall–Kier alpha value is -1.14. The Kier molecular flexibility index (Phi) is 3.84. The van der Waals surface area contributed by atoms with E-state index in [9.17, 15) is 9.59 Å². The van der Waals surface area contributed by atoms with Crippen LogP contribution in [0.4, 0.5) is 4.79 Å². The van der Waals surface area contributed by atoms with Gasteiger partial charge in [0.25, 0.3) is 0 Å². The molecule has 0 spiro atoms. The van der Waals surface area contributed by atoms with Gasteiger partial charge < -0.3 is 15.2 Å². The highest BCUT2D eigenvalue weighted by Crippen LogP contribution is 2.09. The van der Waals surface area contributed by atoms with Crippen molar-refractivity contribution in [2.45, 2.75) is 12.5 Å². The molecule has 1 saturated heterocycles. The Balaban J connectivity index is 2.65. The number of hydrogen-bond donors (Lipinski definition) is 2. The number of carbonyl (C=O) groups is 2. The lowest BCUT2D eigenvalue weighted by Gasteiger charge is -2.23. The molecule has 1 fully saturated rings. The summed E-state index contributed by atoms with van der Waals surface area (Å²) in [7, 11) is 1.49. The first-order chi connectivity index (χ1) is 6.70. The van der Waals surface area contributed by atoms with Crippen LogP contribution in [0.25, 0.3) is 0 Å². The van der Waals surface area contributed by atoms with Crippen LogP contribution in [0.3, 0.4) is 0 Å². The van der Waals surface area contributed by atoms with E-state index in [1.165, 1.54) is 7.11 Å². The average molecular weight is 202 g/mol. The fraction of sp³-hybridized carbons (Fsp3) is 0.750. The second-order valence-electron chi connectivity index (χ2n) is 3.04. The van der Waals surface area contributed by atoms with Crippen molar-refractivity contribution in [2.24, 2.45) is 0 Å². The number of nitrogens with one attached hydrogen (secondary N) is 1. The number of imide groups is 1. The fourth-order valence-electron chi connectivity index (χ4n) is 1.43. The maximum atomic E-state index is 11.3. The van der Waals surface area contributed by atoms with Crippen LogP contribution >= 0.6 is 0 Å². The third-order valence-corrected chi connectivity index (χ3v) is 2.06. The molecule has 0 saturated carbocycles. The summed E-state index contributed by atoms with van der Waals surface area (Å²) < 4.78 is 4.88. The average Bonchev–Trinajstić information content (AvgIpc) is 2.46. The van der Waals surface area contributed by atoms with Crippen LogP contribution in [-0.4, -0.2) is 54.9 Å². The van der Waals surface area contributed by atoms with Crippen molar-refractivity contribution in [3.63, 3.8) is 0 Å². The summed E-state index contributed by atoms with van der Waals surface area (Å²) in [6.45, 7) is 0.204. The van der Waals surface area contributed by atoms with Crippen LogP contribution in [0, 0.1) is 0 Å². The minimum absolute atomic E-state index is 0.0322. The third kappa shape index (κ3) is 2.21. The van der Waals surface area contributed by atoms with Gasteiger partial charge in [0.05, 0.1) is 19.2 Å². The number of methoxy groups -OCH3 is 1. The number of hydrogen-bond acceptors (Lipinski definition) is 4. The molecule has 1 atom stereocenters. The molecule has 0 radical (unpaired) electrons. The Morgan fingerprint density at radius 2 is 2.36 bits per heavy atom.